The van der Waals surface area contributed by atoms with Crippen LogP contribution in [0, 0.1) is 0 Å². The molecule has 0 aromatic heterocycles. The average molecular weight is 478 g/mol. The number of alkyl halides is 3. The van der Waals surface area contributed by atoms with Gasteiger partial charge in [0.05, 0.1) is 25.7 Å². The molecule has 0 atom stereocenters. The summed E-state index contributed by atoms with van der Waals surface area (Å²) in [5, 5.41) is 14.0. The quantitative estimate of drug-likeness (QED) is 0.430. The molecule has 10 heteroatoms. The summed E-state index contributed by atoms with van der Waals surface area (Å²) in [5.74, 6) is -0.285. The minimum Gasteiger partial charge on any atom is -0.493 e. The lowest BCUT2D eigenvalue weighted by Gasteiger charge is -2.12. The van der Waals surface area contributed by atoms with Gasteiger partial charge in [-0.25, -0.2) is 0 Å². The monoisotopic (exact) mass is 478 g/mol. The van der Waals surface area contributed by atoms with E-state index in [2.05, 4.69) is 10.6 Å². The van der Waals surface area contributed by atoms with Crippen LogP contribution in [-0.4, -0.2) is 49.0 Å². The van der Waals surface area contributed by atoms with Crippen molar-refractivity contribution in [2.24, 2.45) is 0 Å². The van der Waals surface area contributed by atoms with Crippen molar-refractivity contribution in [2.45, 2.75) is 31.5 Å². The number of ether oxygens (including phenoxy) is 2. The molecule has 1 aliphatic carbocycles. The Hall–Kier alpha value is -3.53. The summed E-state index contributed by atoms with van der Waals surface area (Å²) in [6.45, 7) is -0.794. The number of carbonyl (C=O) groups is 2. The van der Waals surface area contributed by atoms with Gasteiger partial charge in [0.1, 0.15) is 17.2 Å². The van der Waals surface area contributed by atoms with E-state index in [0.29, 0.717) is 11.3 Å². The zero-order valence-electron chi connectivity index (χ0n) is 18.2. The van der Waals surface area contributed by atoms with Crippen LogP contribution in [0.15, 0.2) is 54.2 Å². The Bertz CT molecular complexity index is 1000. The molecule has 2 amide bonds. The van der Waals surface area contributed by atoms with Crippen LogP contribution in [0.3, 0.4) is 0 Å². The lowest BCUT2D eigenvalue weighted by Crippen LogP contribution is -2.36. The van der Waals surface area contributed by atoms with Crippen LogP contribution in [0.4, 0.5) is 13.2 Å². The second-order valence-electron chi connectivity index (χ2n) is 7.62. The van der Waals surface area contributed by atoms with Gasteiger partial charge in [0.25, 0.3) is 11.8 Å². The van der Waals surface area contributed by atoms with Gasteiger partial charge in [-0.1, -0.05) is 12.1 Å². The van der Waals surface area contributed by atoms with E-state index in [1.807, 2.05) is 0 Å². The highest BCUT2D eigenvalue weighted by molar-refractivity contribution is 6.05. The number of rotatable bonds is 11. The Kier molecular flexibility index (Phi) is 8.53. The Morgan fingerprint density at radius 3 is 2.26 bits per heavy atom. The van der Waals surface area contributed by atoms with Crippen molar-refractivity contribution >= 4 is 17.9 Å². The molecular formula is C24H25F3N2O5. The third kappa shape index (κ3) is 8.43. The summed E-state index contributed by atoms with van der Waals surface area (Å²) in [5.41, 5.74) is 0.781. The van der Waals surface area contributed by atoms with Crippen molar-refractivity contribution in [1.29, 1.82) is 0 Å². The predicted octanol–water partition coefficient (Wildman–Crippen LogP) is 3.44. The maximum absolute atomic E-state index is 12.7. The Labute approximate surface area is 194 Å². The Morgan fingerprint density at radius 2 is 1.68 bits per heavy atom. The van der Waals surface area contributed by atoms with E-state index in [-0.39, 0.29) is 36.3 Å². The predicted molar refractivity (Wildman–Crippen MR) is 118 cm³/mol. The van der Waals surface area contributed by atoms with Crippen LogP contribution >= 0.6 is 0 Å². The molecule has 1 saturated carbocycles. The molecule has 2 aromatic rings. The molecule has 2 aromatic carbocycles. The first-order chi connectivity index (χ1) is 16.2. The SMILES string of the molecule is O=C(NCCO)C(=Cc1ccc(OC2CC2)cc1)NC(=O)c1ccc(OCCC(F)(F)F)cc1. The zero-order chi connectivity index (χ0) is 24.6. The van der Waals surface area contributed by atoms with Gasteiger partial charge in [-0.05, 0) is 60.9 Å². The van der Waals surface area contributed by atoms with E-state index in [9.17, 15) is 22.8 Å². The zero-order valence-corrected chi connectivity index (χ0v) is 18.2. The van der Waals surface area contributed by atoms with E-state index in [0.717, 1.165) is 12.8 Å². The summed E-state index contributed by atoms with van der Waals surface area (Å²) in [7, 11) is 0. The summed E-state index contributed by atoms with van der Waals surface area (Å²) >= 11 is 0. The van der Waals surface area contributed by atoms with Crippen LogP contribution in [-0.2, 0) is 4.79 Å². The molecule has 182 valence electrons. The normalized spacial score (nSPS) is 13.8. The second kappa shape index (κ2) is 11.6. The molecule has 7 nitrogen and oxygen atoms in total. The molecule has 3 N–H and O–H groups in total. The molecule has 1 fully saturated rings. The summed E-state index contributed by atoms with van der Waals surface area (Å²) < 4.78 is 47.4. The summed E-state index contributed by atoms with van der Waals surface area (Å²) in [6, 6.07) is 12.5. The standard InChI is InChI=1S/C24H25F3N2O5/c25-24(26,27)11-14-33-18-7-3-17(4-8-18)22(31)29-21(23(32)28-12-13-30)15-16-1-5-19(6-2-16)34-20-9-10-20/h1-8,15,20,30H,9-14H2,(H,28,32)(H,29,31). The number of carbonyl (C=O) groups excluding carboxylic acids is 2. The molecule has 0 heterocycles. The fourth-order valence-corrected chi connectivity index (χ4v) is 2.79. The lowest BCUT2D eigenvalue weighted by atomic mass is 10.1. The first-order valence-electron chi connectivity index (χ1n) is 10.7. The Balaban J connectivity index is 1.66. The van der Waals surface area contributed by atoms with Gasteiger partial charge in [-0.2, -0.15) is 13.2 Å². The highest BCUT2D eigenvalue weighted by atomic mass is 19.4. The maximum atomic E-state index is 12.7. The number of halogens is 3. The number of hydrogen-bond acceptors (Lipinski definition) is 5. The van der Waals surface area contributed by atoms with Crippen LogP contribution in [0.25, 0.3) is 6.08 Å². The van der Waals surface area contributed by atoms with Gasteiger partial charge in [-0.3, -0.25) is 9.59 Å². The van der Waals surface area contributed by atoms with Crippen LogP contribution in [0.5, 0.6) is 11.5 Å². The number of amides is 2. The largest absolute Gasteiger partial charge is 0.493 e. The highest BCUT2D eigenvalue weighted by Gasteiger charge is 2.27. The molecule has 34 heavy (non-hydrogen) atoms. The number of nitrogens with one attached hydrogen (secondary N) is 2. The van der Waals surface area contributed by atoms with Crippen molar-refractivity contribution in [3.63, 3.8) is 0 Å². The van der Waals surface area contributed by atoms with E-state index in [1.54, 1.807) is 24.3 Å². The number of aliphatic hydroxyl groups excluding tert-OH is 1. The van der Waals surface area contributed by atoms with Crippen LogP contribution in [0.2, 0.25) is 0 Å². The van der Waals surface area contributed by atoms with Gasteiger partial charge < -0.3 is 25.2 Å². The number of aliphatic hydroxyl groups is 1. The smallest absolute Gasteiger partial charge is 0.392 e. The minimum absolute atomic E-state index is 0.00414. The molecule has 0 aliphatic heterocycles. The number of benzene rings is 2. The van der Waals surface area contributed by atoms with Gasteiger partial charge in [0.15, 0.2) is 0 Å². The molecule has 0 bridgehead atoms. The van der Waals surface area contributed by atoms with E-state index in [4.69, 9.17) is 14.6 Å². The van der Waals surface area contributed by atoms with Crippen LogP contribution in [0.1, 0.15) is 35.2 Å². The minimum atomic E-state index is -4.32. The average Bonchev–Trinajstić information content (AvgIpc) is 3.62. The van der Waals surface area contributed by atoms with Crippen LogP contribution < -0.4 is 20.1 Å². The highest BCUT2D eigenvalue weighted by Crippen LogP contribution is 2.27. The molecule has 0 radical (unpaired) electrons. The van der Waals surface area contributed by atoms with Crippen molar-refractivity contribution in [3.8, 4) is 11.5 Å². The Morgan fingerprint density at radius 1 is 1.03 bits per heavy atom. The van der Waals surface area contributed by atoms with Gasteiger partial charge in [0.2, 0.25) is 0 Å². The molecule has 3 rings (SSSR count). The van der Waals surface area contributed by atoms with Crippen molar-refractivity contribution in [2.75, 3.05) is 19.8 Å². The van der Waals surface area contributed by atoms with Gasteiger partial charge >= 0.3 is 6.18 Å². The fourth-order valence-electron chi connectivity index (χ4n) is 2.79. The molecule has 0 unspecified atom stereocenters. The first-order valence-corrected chi connectivity index (χ1v) is 10.7. The second-order valence-corrected chi connectivity index (χ2v) is 7.62. The third-order valence-corrected chi connectivity index (χ3v) is 4.68. The molecular weight excluding hydrogens is 453 g/mol. The van der Waals surface area contributed by atoms with E-state index in [1.165, 1.54) is 30.3 Å². The summed E-state index contributed by atoms with van der Waals surface area (Å²) in [4.78, 5) is 25.2. The van der Waals surface area contributed by atoms with E-state index >= 15 is 0 Å². The topological polar surface area (TPSA) is 96.9 Å². The third-order valence-electron chi connectivity index (χ3n) is 4.68. The first kappa shape index (κ1) is 25.1. The van der Waals surface area contributed by atoms with Crippen molar-refractivity contribution in [3.05, 3.63) is 65.4 Å². The maximum Gasteiger partial charge on any atom is 0.392 e. The van der Waals surface area contributed by atoms with E-state index < -0.39 is 31.0 Å². The van der Waals surface area contributed by atoms with Crippen molar-refractivity contribution < 1.29 is 37.3 Å². The van der Waals surface area contributed by atoms with Gasteiger partial charge in [0, 0.05) is 12.1 Å². The van der Waals surface area contributed by atoms with Gasteiger partial charge in [-0.15, -0.1) is 0 Å². The fraction of sp³-hybridized carbons (Fsp3) is 0.333. The number of hydrogen-bond donors (Lipinski definition) is 3. The molecule has 0 spiro atoms. The summed E-state index contributed by atoms with van der Waals surface area (Å²) in [6.07, 6.45) is -1.60. The molecule has 0 saturated heterocycles. The van der Waals surface area contributed by atoms with Crippen molar-refractivity contribution in [1.82, 2.24) is 10.6 Å². The lowest BCUT2D eigenvalue weighted by molar-refractivity contribution is -0.139. The molecule has 1 aliphatic rings.